The quantitative estimate of drug-likeness (QED) is 0.835. The fourth-order valence-corrected chi connectivity index (χ4v) is 2.87. The molecule has 24 heavy (non-hydrogen) atoms. The Balaban J connectivity index is 1.59. The number of anilines is 1. The van der Waals surface area contributed by atoms with Crippen molar-refractivity contribution in [2.24, 2.45) is 0 Å². The van der Waals surface area contributed by atoms with Crippen LogP contribution in [0.1, 0.15) is 24.2 Å². The Bertz CT molecular complexity index is 622. The highest BCUT2D eigenvalue weighted by Gasteiger charge is 2.17. The number of rotatable bonds is 5. The van der Waals surface area contributed by atoms with E-state index >= 15 is 0 Å². The molecule has 0 radical (unpaired) electrons. The second kappa shape index (κ2) is 7.68. The van der Waals surface area contributed by atoms with Crippen LogP contribution >= 0.6 is 0 Å². The van der Waals surface area contributed by atoms with Crippen LogP contribution in [0.15, 0.2) is 36.8 Å². The van der Waals surface area contributed by atoms with E-state index in [4.69, 9.17) is 0 Å². The molecule has 6 nitrogen and oxygen atoms in total. The van der Waals surface area contributed by atoms with Gasteiger partial charge in [-0.2, -0.15) is 0 Å². The highest BCUT2D eigenvalue weighted by atomic mass is 15.3. The average molecular weight is 326 g/mol. The summed E-state index contributed by atoms with van der Waals surface area (Å²) in [6.45, 7) is 7.09. The van der Waals surface area contributed by atoms with Gasteiger partial charge in [0.2, 0.25) is 5.95 Å². The van der Waals surface area contributed by atoms with Gasteiger partial charge in [-0.25, -0.2) is 9.97 Å². The molecule has 0 bridgehead atoms. The molecule has 3 rings (SSSR count). The molecule has 2 aromatic heterocycles. The molecule has 1 saturated heterocycles. The van der Waals surface area contributed by atoms with Crippen molar-refractivity contribution in [3.8, 4) is 0 Å². The van der Waals surface area contributed by atoms with E-state index in [-0.39, 0.29) is 6.04 Å². The van der Waals surface area contributed by atoms with Gasteiger partial charge in [-0.05, 0) is 33.2 Å². The van der Waals surface area contributed by atoms with Crippen molar-refractivity contribution < 1.29 is 0 Å². The topological polar surface area (TPSA) is 48.4 Å². The van der Waals surface area contributed by atoms with Gasteiger partial charge in [0, 0.05) is 62.9 Å². The average Bonchev–Trinajstić information content (AvgIpc) is 2.63. The Morgan fingerprint density at radius 1 is 1.08 bits per heavy atom. The predicted octanol–water partition coefficient (Wildman–Crippen LogP) is 1.82. The molecule has 6 heteroatoms. The van der Waals surface area contributed by atoms with Gasteiger partial charge in [-0.15, -0.1) is 0 Å². The zero-order chi connectivity index (χ0) is 16.9. The minimum atomic E-state index is 0.253. The molecule has 1 aliphatic rings. The van der Waals surface area contributed by atoms with E-state index in [2.05, 4.69) is 56.7 Å². The third-order valence-corrected chi connectivity index (χ3v) is 4.69. The molecule has 0 spiro atoms. The zero-order valence-corrected chi connectivity index (χ0v) is 14.8. The first-order chi connectivity index (χ1) is 11.6. The van der Waals surface area contributed by atoms with Gasteiger partial charge in [0.15, 0.2) is 0 Å². The second-order valence-electron chi connectivity index (χ2n) is 6.53. The van der Waals surface area contributed by atoms with Crippen LogP contribution in [0.4, 0.5) is 5.95 Å². The fraction of sp³-hybridized carbons (Fsp3) is 0.500. The van der Waals surface area contributed by atoms with Crippen molar-refractivity contribution >= 4 is 5.95 Å². The molecule has 3 heterocycles. The highest BCUT2D eigenvalue weighted by Crippen LogP contribution is 2.18. The molecule has 1 aliphatic heterocycles. The molecule has 0 amide bonds. The Labute approximate surface area is 144 Å². The Morgan fingerprint density at radius 3 is 2.42 bits per heavy atom. The van der Waals surface area contributed by atoms with Gasteiger partial charge in [-0.1, -0.05) is 6.07 Å². The third kappa shape index (κ3) is 4.07. The Morgan fingerprint density at radius 2 is 1.79 bits per heavy atom. The van der Waals surface area contributed by atoms with E-state index in [1.165, 1.54) is 0 Å². The summed E-state index contributed by atoms with van der Waals surface area (Å²) in [5.74, 6) is 0.840. The number of pyridine rings is 1. The van der Waals surface area contributed by atoms with Gasteiger partial charge >= 0.3 is 0 Å². The molecule has 2 aromatic rings. The summed E-state index contributed by atoms with van der Waals surface area (Å²) in [7, 11) is 4.26. The highest BCUT2D eigenvalue weighted by molar-refractivity contribution is 5.30. The number of nitrogens with zero attached hydrogens (tertiary/aromatic N) is 6. The first-order valence-corrected chi connectivity index (χ1v) is 8.49. The summed E-state index contributed by atoms with van der Waals surface area (Å²) in [4.78, 5) is 20.4. The molecule has 1 atom stereocenters. The monoisotopic (exact) mass is 326 g/mol. The van der Waals surface area contributed by atoms with Gasteiger partial charge in [0.25, 0.3) is 0 Å². The first-order valence-electron chi connectivity index (χ1n) is 8.49. The van der Waals surface area contributed by atoms with E-state index in [1.54, 1.807) is 0 Å². The Kier molecular flexibility index (Phi) is 5.37. The van der Waals surface area contributed by atoms with Crippen LogP contribution in [0.2, 0.25) is 0 Å². The second-order valence-corrected chi connectivity index (χ2v) is 6.53. The van der Waals surface area contributed by atoms with Crippen molar-refractivity contribution in [3.63, 3.8) is 0 Å². The number of likely N-dealkylation sites (N-methyl/N-ethyl adjacent to an activating group) is 1. The van der Waals surface area contributed by atoms with Crippen LogP contribution in [0.3, 0.4) is 0 Å². The van der Waals surface area contributed by atoms with Crippen molar-refractivity contribution in [2.75, 3.05) is 45.2 Å². The minimum Gasteiger partial charge on any atom is -0.338 e. The van der Waals surface area contributed by atoms with Crippen LogP contribution in [0.25, 0.3) is 0 Å². The van der Waals surface area contributed by atoms with Crippen LogP contribution in [-0.2, 0) is 6.54 Å². The van der Waals surface area contributed by atoms with Gasteiger partial charge in [0.1, 0.15) is 0 Å². The maximum absolute atomic E-state index is 4.57. The van der Waals surface area contributed by atoms with Crippen LogP contribution in [0, 0.1) is 0 Å². The van der Waals surface area contributed by atoms with Gasteiger partial charge in [-0.3, -0.25) is 9.88 Å². The Hall–Kier alpha value is -2.05. The SMILES string of the molecule is CC(c1ccccn1)N(C)Cc1cnc(N2CCN(C)CC2)nc1. The molecule has 0 saturated carbocycles. The lowest BCUT2D eigenvalue weighted by Crippen LogP contribution is -2.45. The molecule has 0 aromatic carbocycles. The van der Waals surface area contributed by atoms with Crippen molar-refractivity contribution in [1.29, 1.82) is 0 Å². The molecule has 1 unspecified atom stereocenters. The van der Waals surface area contributed by atoms with Crippen molar-refractivity contribution in [2.45, 2.75) is 19.5 Å². The van der Waals surface area contributed by atoms with E-state index in [0.29, 0.717) is 0 Å². The van der Waals surface area contributed by atoms with Crippen LogP contribution in [-0.4, -0.2) is 65.0 Å². The lowest BCUT2D eigenvalue weighted by Gasteiger charge is -2.32. The summed E-state index contributed by atoms with van der Waals surface area (Å²) in [5, 5.41) is 0. The maximum atomic E-state index is 4.57. The smallest absolute Gasteiger partial charge is 0.225 e. The van der Waals surface area contributed by atoms with Gasteiger partial charge in [0.05, 0.1) is 5.69 Å². The van der Waals surface area contributed by atoms with E-state index in [0.717, 1.165) is 49.9 Å². The summed E-state index contributed by atoms with van der Waals surface area (Å²) in [6, 6.07) is 6.29. The summed E-state index contributed by atoms with van der Waals surface area (Å²) < 4.78 is 0. The summed E-state index contributed by atoms with van der Waals surface area (Å²) in [5.41, 5.74) is 2.20. The fourth-order valence-electron chi connectivity index (χ4n) is 2.87. The number of hydrogen-bond acceptors (Lipinski definition) is 6. The summed E-state index contributed by atoms with van der Waals surface area (Å²) >= 11 is 0. The standard InChI is InChI=1S/C18H26N6/c1-15(17-6-4-5-7-19-17)23(3)14-16-12-20-18(21-13-16)24-10-8-22(2)9-11-24/h4-7,12-13,15H,8-11,14H2,1-3H3. The maximum Gasteiger partial charge on any atom is 0.225 e. The zero-order valence-electron chi connectivity index (χ0n) is 14.8. The van der Waals surface area contributed by atoms with E-state index < -0.39 is 0 Å². The lowest BCUT2D eigenvalue weighted by molar-refractivity contribution is 0.248. The minimum absolute atomic E-state index is 0.253. The molecule has 0 aliphatic carbocycles. The van der Waals surface area contributed by atoms with Crippen LogP contribution < -0.4 is 4.90 Å². The van der Waals surface area contributed by atoms with Crippen LogP contribution in [0.5, 0.6) is 0 Å². The molecule has 0 N–H and O–H groups in total. The molecular formula is C18H26N6. The lowest BCUT2D eigenvalue weighted by atomic mass is 10.2. The number of aromatic nitrogens is 3. The van der Waals surface area contributed by atoms with E-state index in [1.807, 2.05) is 30.7 Å². The van der Waals surface area contributed by atoms with E-state index in [9.17, 15) is 0 Å². The first kappa shape index (κ1) is 16.8. The normalized spacial score (nSPS) is 17.2. The van der Waals surface area contributed by atoms with Crippen molar-refractivity contribution in [1.82, 2.24) is 24.8 Å². The number of piperazine rings is 1. The molecule has 128 valence electrons. The van der Waals surface area contributed by atoms with Gasteiger partial charge < -0.3 is 9.80 Å². The predicted molar refractivity (Wildman–Crippen MR) is 95.9 cm³/mol. The largest absolute Gasteiger partial charge is 0.338 e. The molecular weight excluding hydrogens is 300 g/mol. The van der Waals surface area contributed by atoms with Crippen molar-refractivity contribution in [3.05, 3.63) is 48.0 Å². The molecule has 1 fully saturated rings. The third-order valence-electron chi connectivity index (χ3n) is 4.69. The summed E-state index contributed by atoms with van der Waals surface area (Å²) in [6.07, 6.45) is 5.73. The number of hydrogen-bond donors (Lipinski definition) is 0.